The highest BCUT2D eigenvalue weighted by Crippen LogP contribution is 2.67. The first kappa shape index (κ1) is 24.7. The molecule has 0 aliphatic heterocycles. The number of fused-ring (bicyclic) bond motifs is 5. The topological polar surface area (TPSA) is 49.7 Å². The van der Waals surface area contributed by atoms with Crippen molar-refractivity contribution in [2.24, 2.45) is 46.3 Å². The van der Waals surface area contributed by atoms with Crippen LogP contribution in [-0.4, -0.2) is 35.6 Å². The van der Waals surface area contributed by atoms with E-state index < -0.39 is 0 Å². The lowest BCUT2D eigenvalue weighted by Crippen LogP contribution is -2.55. The van der Waals surface area contributed by atoms with Crippen molar-refractivity contribution in [3.8, 4) is 0 Å². The largest absolute Gasteiger partial charge is 0.394 e. The third-order valence-corrected chi connectivity index (χ3v) is 10.7. The van der Waals surface area contributed by atoms with Crippen molar-refractivity contribution < 1.29 is 14.9 Å². The second kappa shape index (κ2) is 9.70. The first-order valence-corrected chi connectivity index (χ1v) is 13.8. The molecule has 0 aromatic carbocycles. The van der Waals surface area contributed by atoms with Gasteiger partial charge in [-0.25, -0.2) is 0 Å². The van der Waals surface area contributed by atoms with Crippen LogP contribution in [0, 0.1) is 46.3 Å². The summed E-state index contributed by atoms with van der Waals surface area (Å²) in [6.07, 6.45) is 14.8. The van der Waals surface area contributed by atoms with Gasteiger partial charge >= 0.3 is 0 Å². The van der Waals surface area contributed by atoms with Gasteiger partial charge in [-0.2, -0.15) is 0 Å². The molecule has 184 valence electrons. The number of ether oxygens (including phenoxy) is 1. The van der Waals surface area contributed by atoms with Gasteiger partial charge in [0, 0.05) is 0 Å². The summed E-state index contributed by atoms with van der Waals surface area (Å²) in [5.74, 6) is 4.17. The Bertz CT molecular complexity index is 671. The Hall–Kier alpha value is -0.380. The van der Waals surface area contributed by atoms with Crippen LogP contribution in [0.25, 0.3) is 0 Å². The van der Waals surface area contributed by atoms with Crippen LogP contribution in [0.3, 0.4) is 0 Å². The van der Waals surface area contributed by atoms with E-state index in [4.69, 9.17) is 9.84 Å². The van der Waals surface area contributed by atoms with Gasteiger partial charge in [-0.05, 0) is 91.3 Å². The van der Waals surface area contributed by atoms with Gasteiger partial charge in [0.2, 0.25) is 0 Å². The highest BCUT2D eigenvalue weighted by atomic mass is 16.5. The summed E-state index contributed by atoms with van der Waals surface area (Å²) < 4.78 is 5.90. The van der Waals surface area contributed by atoms with Crippen molar-refractivity contribution in [2.75, 3.05) is 13.2 Å². The van der Waals surface area contributed by atoms with Crippen molar-refractivity contribution in [2.45, 2.75) is 111 Å². The fraction of sp³-hybridized carbons (Fsp3) is 0.931. The Balaban J connectivity index is 1.50. The summed E-state index contributed by atoms with van der Waals surface area (Å²) >= 11 is 0. The molecular formula is C29H50O3. The molecule has 9 atom stereocenters. The molecule has 3 heteroatoms. The number of aliphatic hydroxyl groups is 2. The maximum Gasteiger partial charge on any atom is 0.0757 e. The van der Waals surface area contributed by atoms with Crippen molar-refractivity contribution >= 4 is 0 Å². The summed E-state index contributed by atoms with van der Waals surface area (Å²) in [6.45, 7) is 12.8. The van der Waals surface area contributed by atoms with Gasteiger partial charge in [-0.15, -0.1) is 0 Å². The summed E-state index contributed by atoms with van der Waals surface area (Å²) in [5.41, 5.74) is 2.08. The SMILES string of the molecule is CC(C)CCC[C@@H](C)[C@H]1CC[C@H]2[C@@H]3[C@@H](O)C=C4C[C@@H](OCCO)CC[C@]4(C)[C@H]3CC[C@]12C. The molecule has 0 aromatic rings. The standard InChI is InChI=1S/C29H50O3/c1-19(2)7-6-8-20(3)23-9-10-24-27-25(12-14-29(23,24)5)28(4)13-11-22(32-16-15-30)17-21(28)18-26(27)31/h18-20,22-27,30-31H,6-17H2,1-5H3/t20-,22+,23-,24+,25+,26+,27+,28+,29-/m1/s1. The predicted molar refractivity (Wildman–Crippen MR) is 131 cm³/mol. The summed E-state index contributed by atoms with van der Waals surface area (Å²) in [4.78, 5) is 0. The van der Waals surface area contributed by atoms with Crippen molar-refractivity contribution in [3.05, 3.63) is 11.6 Å². The molecule has 0 radical (unpaired) electrons. The third-order valence-electron chi connectivity index (χ3n) is 10.7. The Morgan fingerprint density at radius 2 is 1.81 bits per heavy atom. The van der Waals surface area contributed by atoms with Crippen molar-refractivity contribution in [3.63, 3.8) is 0 Å². The lowest BCUT2D eigenvalue weighted by Gasteiger charge is -2.59. The van der Waals surface area contributed by atoms with Gasteiger partial charge in [0.25, 0.3) is 0 Å². The van der Waals surface area contributed by atoms with E-state index in [0.717, 1.165) is 30.6 Å². The molecule has 0 heterocycles. The molecule has 0 amide bonds. The molecular weight excluding hydrogens is 396 g/mol. The molecule has 3 saturated carbocycles. The van der Waals surface area contributed by atoms with Gasteiger partial charge in [-0.3, -0.25) is 0 Å². The first-order chi connectivity index (χ1) is 15.2. The first-order valence-electron chi connectivity index (χ1n) is 13.8. The maximum atomic E-state index is 11.5. The fourth-order valence-electron chi connectivity index (χ4n) is 9.00. The van der Waals surface area contributed by atoms with E-state index in [0.29, 0.717) is 29.8 Å². The molecule has 4 rings (SSSR count). The minimum atomic E-state index is -0.292. The summed E-state index contributed by atoms with van der Waals surface area (Å²) in [5, 5.41) is 20.6. The Morgan fingerprint density at radius 3 is 2.53 bits per heavy atom. The lowest BCUT2D eigenvalue weighted by atomic mass is 9.46. The lowest BCUT2D eigenvalue weighted by molar-refractivity contribution is -0.101. The van der Waals surface area contributed by atoms with Gasteiger partial charge in [0.15, 0.2) is 0 Å². The highest BCUT2D eigenvalue weighted by Gasteiger charge is 2.61. The molecule has 0 spiro atoms. The van der Waals surface area contributed by atoms with Crippen molar-refractivity contribution in [1.29, 1.82) is 0 Å². The minimum absolute atomic E-state index is 0.0947. The van der Waals surface area contributed by atoms with Gasteiger partial charge in [0.1, 0.15) is 0 Å². The molecule has 3 nitrogen and oxygen atoms in total. The Labute approximate surface area is 197 Å². The molecule has 4 aliphatic rings. The highest BCUT2D eigenvalue weighted by molar-refractivity contribution is 5.28. The van der Waals surface area contributed by atoms with Crippen LogP contribution in [0.5, 0.6) is 0 Å². The van der Waals surface area contributed by atoms with E-state index in [9.17, 15) is 5.11 Å². The van der Waals surface area contributed by atoms with Crippen LogP contribution in [0.15, 0.2) is 11.6 Å². The summed E-state index contributed by atoms with van der Waals surface area (Å²) in [6, 6.07) is 0. The molecule has 0 saturated heterocycles. The van der Waals surface area contributed by atoms with Crippen LogP contribution < -0.4 is 0 Å². The van der Waals surface area contributed by atoms with E-state index >= 15 is 0 Å². The Kier molecular flexibility index (Phi) is 7.50. The quantitative estimate of drug-likeness (QED) is 0.426. The third kappa shape index (κ3) is 4.36. The Morgan fingerprint density at radius 1 is 1.03 bits per heavy atom. The van der Waals surface area contributed by atoms with Gasteiger partial charge in [-0.1, -0.05) is 65.5 Å². The van der Waals surface area contributed by atoms with Gasteiger partial charge < -0.3 is 14.9 Å². The molecule has 0 unspecified atom stereocenters. The average Bonchev–Trinajstić information content (AvgIpc) is 3.10. The second-order valence-corrected chi connectivity index (χ2v) is 12.9. The van der Waals surface area contributed by atoms with E-state index in [2.05, 4.69) is 40.7 Å². The van der Waals surface area contributed by atoms with Gasteiger partial charge in [0.05, 0.1) is 25.4 Å². The number of aliphatic hydroxyl groups excluding tert-OH is 2. The minimum Gasteiger partial charge on any atom is -0.394 e. The normalized spacial score (nSPS) is 44.6. The van der Waals surface area contributed by atoms with Crippen LogP contribution in [0.4, 0.5) is 0 Å². The predicted octanol–water partition coefficient (Wildman–Crippen LogP) is 6.38. The van der Waals surface area contributed by atoms with Crippen molar-refractivity contribution in [1.82, 2.24) is 0 Å². The zero-order valence-electron chi connectivity index (χ0n) is 21.5. The van der Waals surface area contributed by atoms with Crippen LogP contribution in [0.2, 0.25) is 0 Å². The second-order valence-electron chi connectivity index (χ2n) is 12.9. The van der Waals surface area contributed by atoms with E-state index in [1.165, 1.54) is 56.9 Å². The monoisotopic (exact) mass is 446 g/mol. The van der Waals surface area contributed by atoms with E-state index in [1.807, 2.05) is 0 Å². The molecule has 3 fully saturated rings. The number of hydrogen-bond acceptors (Lipinski definition) is 3. The zero-order valence-corrected chi connectivity index (χ0v) is 21.5. The average molecular weight is 447 g/mol. The van der Waals surface area contributed by atoms with E-state index in [-0.39, 0.29) is 24.2 Å². The van der Waals surface area contributed by atoms with Crippen LogP contribution in [0.1, 0.15) is 98.8 Å². The zero-order chi connectivity index (χ0) is 23.1. The molecule has 0 bridgehead atoms. The molecule has 32 heavy (non-hydrogen) atoms. The molecule has 2 N–H and O–H groups in total. The number of rotatable bonds is 8. The fourth-order valence-corrected chi connectivity index (χ4v) is 9.00. The van der Waals surface area contributed by atoms with Crippen LogP contribution >= 0.6 is 0 Å². The molecule has 4 aliphatic carbocycles. The summed E-state index contributed by atoms with van der Waals surface area (Å²) in [7, 11) is 0. The smallest absolute Gasteiger partial charge is 0.0757 e. The molecule has 0 aromatic heterocycles. The number of hydrogen-bond donors (Lipinski definition) is 2. The maximum absolute atomic E-state index is 11.5. The van der Waals surface area contributed by atoms with E-state index in [1.54, 1.807) is 0 Å². The van der Waals surface area contributed by atoms with Crippen LogP contribution in [-0.2, 0) is 4.74 Å².